The summed E-state index contributed by atoms with van der Waals surface area (Å²) in [5, 5.41) is 1.14. The molecule has 1 aliphatic rings. The van der Waals surface area contributed by atoms with E-state index in [1.165, 1.54) is 4.88 Å². The first kappa shape index (κ1) is 19.8. The second-order valence-corrected chi connectivity index (χ2v) is 8.94. The zero-order valence-electron chi connectivity index (χ0n) is 18.0. The number of hydrogen-bond donors (Lipinski definition) is 0. The summed E-state index contributed by atoms with van der Waals surface area (Å²) in [5.41, 5.74) is 2.96. The molecule has 0 saturated carbocycles. The number of aryl methyl sites for hydroxylation is 3. The Balaban J connectivity index is 1.47. The first-order valence-corrected chi connectivity index (χ1v) is 11.5. The van der Waals surface area contributed by atoms with Crippen LogP contribution in [0.5, 0.6) is 0 Å². The van der Waals surface area contributed by atoms with Crippen molar-refractivity contribution in [2.45, 2.75) is 27.2 Å². The van der Waals surface area contributed by atoms with E-state index in [2.05, 4.69) is 37.7 Å². The third kappa shape index (κ3) is 3.95. The van der Waals surface area contributed by atoms with E-state index in [-0.39, 0.29) is 0 Å². The van der Waals surface area contributed by atoms with Crippen molar-refractivity contribution in [1.82, 2.24) is 24.9 Å². The topological polar surface area (TPSA) is 70.9 Å². The number of piperazine rings is 1. The van der Waals surface area contributed by atoms with Gasteiger partial charge in [-0.3, -0.25) is 4.98 Å². The molecule has 0 atom stereocenters. The van der Waals surface area contributed by atoms with Crippen LogP contribution in [0.2, 0.25) is 0 Å². The number of fused-ring (bicyclic) bond motifs is 1. The SMILES string of the molecule is CCc1cc2c(N3CCN(c4nc(C)cc(C)n4)CC3)nc(-c3cccnc3)nc2s1. The van der Waals surface area contributed by atoms with Gasteiger partial charge >= 0.3 is 0 Å². The lowest BCUT2D eigenvalue weighted by Gasteiger charge is -2.35. The fourth-order valence-electron chi connectivity index (χ4n) is 3.96. The van der Waals surface area contributed by atoms with Crippen LogP contribution in [0, 0.1) is 13.8 Å². The summed E-state index contributed by atoms with van der Waals surface area (Å²) in [7, 11) is 0. The second-order valence-electron chi connectivity index (χ2n) is 7.82. The molecular weight excluding hydrogens is 406 g/mol. The number of pyridine rings is 1. The van der Waals surface area contributed by atoms with Crippen LogP contribution >= 0.6 is 11.3 Å². The standard InChI is InChI=1S/C23H25N7S/c1-4-18-13-19-21(27-20(28-22(19)31-18)17-6-5-7-24-14-17)29-8-10-30(11-9-29)23-25-15(2)12-16(3)26-23/h5-7,12-14H,4,8-11H2,1-3H3. The number of rotatable bonds is 4. The minimum Gasteiger partial charge on any atom is -0.352 e. The van der Waals surface area contributed by atoms with Crippen LogP contribution in [-0.4, -0.2) is 51.1 Å². The van der Waals surface area contributed by atoms with Crippen LogP contribution in [0.1, 0.15) is 23.2 Å². The number of nitrogens with zero attached hydrogens (tertiary/aromatic N) is 7. The molecule has 0 radical (unpaired) electrons. The van der Waals surface area contributed by atoms with Crippen LogP contribution in [0.4, 0.5) is 11.8 Å². The molecule has 0 bridgehead atoms. The van der Waals surface area contributed by atoms with E-state index in [0.29, 0.717) is 0 Å². The zero-order valence-corrected chi connectivity index (χ0v) is 18.9. The largest absolute Gasteiger partial charge is 0.352 e. The molecule has 4 aromatic rings. The van der Waals surface area contributed by atoms with Crippen molar-refractivity contribution in [1.29, 1.82) is 0 Å². The molecule has 0 amide bonds. The van der Waals surface area contributed by atoms with Crippen molar-refractivity contribution >= 4 is 33.3 Å². The Kier molecular flexibility index (Phi) is 5.23. The van der Waals surface area contributed by atoms with E-state index in [1.807, 2.05) is 38.2 Å². The Morgan fingerprint density at radius 3 is 2.35 bits per heavy atom. The highest BCUT2D eigenvalue weighted by Gasteiger charge is 2.24. The molecule has 5 heterocycles. The first-order valence-electron chi connectivity index (χ1n) is 10.6. The lowest BCUT2D eigenvalue weighted by atomic mass is 10.2. The fourth-order valence-corrected chi connectivity index (χ4v) is 4.92. The van der Waals surface area contributed by atoms with Gasteiger partial charge in [0.25, 0.3) is 0 Å². The van der Waals surface area contributed by atoms with Crippen LogP contribution in [-0.2, 0) is 6.42 Å². The van der Waals surface area contributed by atoms with Gasteiger partial charge in [0.2, 0.25) is 5.95 Å². The summed E-state index contributed by atoms with van der Waals surface area (Å²) in [6, 6.07) is 8.21. The summed E-state index contributed by atoms with van der Waals surface area (Å²) in [6.07, 6.45) is 4.60. The van der Waals surface area contributed by atoms with Gasteiger partial charge in [-0.1, -0.05) is 6.92 Å². The summed E-state index contributed by atoms with van der Waals surface area (Å²) < 4.78 is 0. The molecule has 0 unspecified atom stereocenters. The van der Waals surface area contributed by atoms with Gasteiger partial charge in [0.1, 0.15) is 10.6 Å². The van der Waals surface area contributed by atoms with Gasteiger partial charge < -0.3 is 9.80 Å². The lowest BCUT2D eigenvalue weighted by molar-refractivity contribution is 0.634. The molecule has 0 spiro atoms. The van der Waals surface area contributed by atoms with Crippen molar-refractivity contribution in [2.75, 3.05) is 36.0 Å². The highest BCUT2D eigenvalue weighted by Crippen LogP contribution is 2.34. The molecule has 1 saturated heterocycles. The Morgan fingerprint density at radius 1 is 0.935 bits per heavy atom. The van der Waals surface area contributed by atoms with Gasteiger partial charge in [-0.2, -0.15) is 0 Å². The number of anilines is 2. The predicted molar refractivity (Wildman–Crippen MR) is 126 cm³/mol. The molecule has 7 nitrogen and oxygen atoms in total. The monoisotopic (exact) mass is 431 g/mol. The Bertz CT molecular complexity index is 1190. The Morgan fingerprint density at radius 2 is 1.68 bits per heavy atom. The van der Waals surface area contributed by atoms with E-state index in [1.54, 1.807) is 17.5 Å². The van der Waals surface area contributed by atoms with E-state index in [4.69, 9.17) is 9.97 Å². The van der Waals surface area contributed by atoms with Crippen molar-refractivity contribution in [3.05, 3.63) is 52.9 Å². The first-order chi connectivity index (χ1) is 15.1. The average molecular weight is 432 g/mol. The number of thiophene rings is 1. The van der Waals surface area contributed by atoms with Gasteiger partial charge in [-0.25, -0.2) is 19.9 Å². The second kappa shape index (κ2) is 8.19. The normalized spacial score (nSPS) is 14.4. The highest BCUT2D eigenvalue weighted by atomic mass is 32.1. The molecule has 8 heteroatoms. The molecule has 31 heavy (non-hydrogen) atoms. The van der Waals surface area contributed by atoms with E-state index in [9.17, 15) is 0 Å². The van der Waals surface area contributed by atoms with Crippen LogP contribution in [0.3, 0.4) is 0 Å². The minimum absolute atomic E-state index is 0.736. The molecule has 5 rings (SSSR count). The summed E-state index contributed by atoms with van der Waals surface area (Å²) in [6.45, 7) is 9.69. The fraction of sp³-hybridized carbons (Fsp3) is 0.348. The van der Waals surface area contributed by atoms with Crippen molar-refractivity contribution in [3.63, 3.8) is 0 Å². The van der Waals surface area contributed by atoms with Gasteiger partial charge in [-0.05, 0) is 44.5 Å². The molecule has 0 aromatic carbocycles. The third-order valence-electron chi connectivity index (χ3n) is 5.52. The van der Waals surface area contributed by atoms with E-state index in [0.717, 1.165) is 77.4 Å². The summed E-state index contributed by atoms with van der Waals surface area (Å²) in [4.78, 5) is 30.4. The van der Waals surface area contributed by atoms with Gasteiger partial charge in [0.15, 0.2) is 5.82 Å². The molecule has 4 aromatic heterocycles. The number of aromatic nitrogens is 5. The molecule has 158 valence electrons. The van der Waals surface area contributed by atoms with Crippen molar-refractivity contribution in [2.24, 2.45) is 0 Å². The maximum atomic E-state index is 5.00. The van der Waals surface area contributed by atoms with Crippen LogP contribution in [0.25, 0.3) is 21.6 Å². The Hall–Kier alpha value is -3.13. The van der Waals surface area contributed by atoms with E-state index >= 15 is 0 Å². The maximum Gasteiger partial charge on any atom is 0.225 e. The average Bonchev–Trinajstić information content (AvgIpc) is 3.22. The molecule has 0 aliphatic carbocycles. The molecule has 0 N–H and O–H groups in total. The van der Waals surface area contributed by atoms with Crippen LogP contribution < -0.4 is 9.80 Å². The van der Waals surface area contributed by atoms with Crippen molar-refractivity contribution in [3.8, 4) is 11.4 Å². The highest BCUT2D eigenvalue weighted by molar-refractivity contribution is 7.18. The van der Waals surface area contributed by atoms with Crippen LogP contribution in [0.15, 0.2) is 36.7 Å². The molecular formula is C23H25N7S. The molecule has 1 aliphatic heterocycles. The molecule has 1 fully saturated rings. The zero-order chi connectivity index (χ0) is 21.4. The summed E-state index contributed by atoms with van der Waals surface area (Å²) >= 11 is 1.76. The lowest BCUT2D eigenvalue weighted by Crippen LogP contribution is -2.47. The smallest absolute Gasteiger partial charge is 0.225 e. The Labute approximate surface area is 185 Å². The maximum absolute atomic E-state index is 5.00. The van der Waals surface area contributed by atoms with Gasteiger partial charge in [0, 0.05) is 60.4 Å². The van der Waals surface area contributed by atoms with Gasteiger partial charge in [-0.15, -0.1) is 11.3 Å². The number of hydrogen-bond acceptors (Lipinski definition) is 8. The quantitative estimate of drug-likeness (QED) is 0.483. The predicted octanol–water partition coefficient (Wildman–Crippen LogP) is 4.05. The minimum atomic E-state index is 0.736. The summed E-state index contributed by atoms with van der Waals surface area (Å²) in [5.74, 6) is 2.57. The van der Waals surface area contributed by atoms with Gasteiger partial charge in [0.05, 0.1) is 5.39 Å². The third-order valence-corrected chi connectivity index (χ3v) is 6.70. The van der Waals surface area contributed by atoms with Crippen molar-refractivity contribution < 1.29 is 0 Å². The van der Waals surface area contributed by atoms with E-state index < -0.39 is 0 Å².